The van der Waals surface area contributed by atoms with Crippen LogP contribution in [0.3, 0.4) is 0 Å². The molecule has 0 atom stereocenters. The number of rotatable bonds is 8. The lowest BCUT2D eigenvalue weighted by Gasteiger charge is -2.31. The van der Waals surface area contributed by atoms with Crippen LogP contribution in [0.5, 0.6) is 0 Å². The number of benzene rings is 2. The number of nitrogens with zero attached hydrogens (tertiary/aromatic N) is 2. The number of aryl methyl sites for hydroxylation is 1. The molecule has 2 aromatic rings. The Balaban J connectivity index is 1.73. The summed E-state index contributed by atoms with van der Waals surface area (Å²) in [5, 5.41) is 3.79. The minimum Gasteiger partial charge on any atom is -0.391 e. The first-order valence-corrected chi connectivity index (χ1v) is 11.4. The summed E-state index contributed by atoms with van der Waals surface area (Å²) >= 11 is 0. The first-order valence-electron chi connectivity index (χ1n) is 17.9. The van der Waals surface area contributed by atoms with Gasteiger partial charge in [0.25, 0.3) is 0 Å². The van der Waals surface area contributed by atoms with Crippen LogP contribution in [-0.2, 0) is 30.5 Å². The molecule has 190 valence electrons. The molecule has 0 spiro atoms. The van der Waals surface area contributed by atoms with E-state index < -0.39 is 73.2 Å². The van der Waals surface area contributed by atoms with Gasteiger partial charge < -0.3 is 4.84 Å². The number of alkyl halides is 3. The zero-order valence-electron chi connectivity index (χ0n) is 32.8. The highest BCUT2D eigenvalue weighted by Crippen LogP contribution is 2.42. The third-order valence-corrected chi connectivity index (χ3v) is 5.86. The number of hydrogen-bond donors (Lipinski definition) is 0. The molecule has 2 aromatic carbocycles. The predicted molar refractivity (Wildman–Crippen MR) is 135 cm³/mol. The molecule has 1 saturated carbocycles. The van der Waals surface area contributed by atoms with E-state index in [1.807, 2.05) is 6.92 Å². The zero-order valence-corrected chi connectivity index (χ0v) is 19.8. The summed E-state index contributed by atoms with van der Waals surface area (Å²) < 4.78 is 153. The van der Waals surface area contributed by atoms with Crippen LogP contribution in [0, 0.1) is 5.89 Å². The van der Waals surface area contributed by atoms with E-state index in [0.29, 0.717) is 49.2 Å². The largest absolute Gasteiger partial charge is 0.416 e. The van der Waals surface area contributed by atoms with Crippen molar-refractivity contribution in [3.8, 4) is 0 Å². The molecule has 1 heterocycles. The summed E-state index contributed by atoms with van der Waals surface area (Å²) in [7, 11) is 0. The molecule has 1 saturated heterocycles. The second-order valence-corrected chi connectivity index (χ2v) is 8.44. The smallest absolute Gasteiger partial charge is 0.391 e. The number of hydrogen-bond acceptors (Lipinski definition) is 3. The number of halogens is 3. The number of oxime groups is 1. The lowest BCUT2D eigenvalue weighted by atomic mass is 9.78. The van der Waals surface area contributed by atoms with E-state index in [-0.39, 0.29) is 11.8 Å². The van der Waals surface area contributed by atoms with E-state index in [9.17, 15) is 13.2 Å². The second-order valence-electron chi connectivity index (χ2n) is 8.44. The zero-order chi connectivity index (χ0) is 36.7. The van der Waals surface area contributed by atoms with Crippen LogP contribution in [0.4, 0.5) is 13.2 Å². The van der Waals surface area contributed by atoms with Crippen molar-refractivity contribution in [2.75, 3.05) is 13.1 Å². The van der Waals surface area contributed by atoms with Crippen LogP contribution >= 0.6 is 0 Å². The van der Waals surface area contributed by atoms with Crippen LogP contribution in [0.15, 0.2) is 41.6 Å². The Morgan fingerprint density at radius 2 is 1.89 bits per heavy atom. The van der Waals surface area contributed by atoms with Gasteiger partial charge in [0.2, 0.25) is 0 Å². The van der Waals surface area contributed by atoms with Crippen LogP contribution in [-0.4, -0.2) is 23.7 Å². The van der Waals surface area contributed by atoms with Crippen molar-refractivity contribution in [1.82, 2.24) is 4.90 Å². The van der Waals surface area contributed by atoms with Gasteiger partial charge in [0, 0.05) is 21.6 Å². The van der Waals surface area contributed by atoms with Crippen molar-refractivity contribution < 1.29 is 35.8 Å². The molecule has 1 aliphatic carbocycles. The lowest BCUT2D eigenvalue weighted by Crippen LogP contribution is -2.36. The van der Waals surface area contributed by atoms with Crippen molar-refractivity contribution in [2.45, 2.75) is 84.3 Å². The Labute approximate surface area is 225 Å². The van der Waals surface area contributed by atoms with Gasteiger partial charge in [-0.05, 0) is 97.4 Å². The molecule has 0 unspecified atom stereocenters. The third-order valence-electron chi connectivity index (χ3n) is 5.86. The molecular weight excluding hydrogens is 449 g/mol. The van der Waals surface area contributed by atoms with Gasteiger partial charge in [-0.25, -0.2) is 0 Å². The van der Waals surface area contributed by atoms with Crippen LogP contribution < -0.4 is 0 Å². The molecule has 0 bridgehead atoms. The van der Waals surface area contributed by atoms with Crippen molar-refractivity contribution in [3.63, 3.8) is 0 Å². The summed E-state index contributed by atoms with van der Waals surface area (Å²) in [5.41, 5.74) is -1.90. The fraction of sp³-hybridized carbons (Fsp3) is 0.552. The quantitative estimate of drug-likeness (QED) is 0.274. The van der Waals surface area contributed by atoms with E-state index in [0.717, 1.165) is 12.5 Å². The molecule has 0 N–H and O–H groups in total. The minimum atomic E-state index is -5.35. The Morgan fingerprint density at radius 3 is 2.51 bits per heavy atom. The average molecular weight is 500 g/mol. The maximum atomic E-state index is 14.5. The summed E-state index contributed by atoms with van der Waals surface area (Å²) in [6, 6.07) is 6.48. The van der Waals surface area contributed by atoms with Crippen molar-refractivity contribution in [1.29, 1.82) is 0 Å². The van der Waals surface area contributed by atoms with Crippen LogP contribution in [0.25, 0.3) is 0 Å². The van der Waals surface area contributed by atoms with Crippen molar-refractivity contribution in [3.05, 3.63) is 69.8 Å². The van der Waals surface area contributed by atoms with Gasteiger partial charge in [-0.2, -0.15) is 13.2 Å². The lowest BCUT2D eigenvalue weighted by molar-refractivity contribution is -0.138. The summed E-state index contributed by atoms with van der Waals surface area (Å²) in [4.78, 5) is 6.78. The average Bonchev–Trinajstić information content (AvgIpc) is 2.92. The summed E-state index contributed by atoms with van der Waals surface area (Å²) in [5.74, 6) is -5.75. The molecule has 0 radical (unpaired) electrons. The predicted octanol–water partition coefficient (Wildman–Crippen LogP) is 7.71. The Morgan fingerprint density at radius 1 is 1.14 bits per heavy atom. The van der Waals surface area contributed by atoms with Gasteiger partial charge in [0.05, 0.1) is 14.0 Å². The fourth-order valence-corrected chi connectivity index (χ4v) is 3.72. The highest BCUT2D eigenvalue weighted by molar-refractivity contribution is 5.98. The molecule has 2 aliphatic rings. The topological polar surface area (TPSA) is 24.8 Å². The van der Waals surface area contributed by atoms with E-state index in [2.05, 4.69) is 5.16 Å². The van der Waals surface area contributed by atoms with Gasteiger partial charge in [-0.1, -0.05) is 56.0 Å². The highest BCUT2D eigenvalue weighted by atomic mass is 19.4. The maximum absolute atomic E-state index is 14.5. The molecule has 1 aliphatic heterocycles. The first-order chi connectivity index (χ1) is 21.6. The SMILES string of the molecule is [2H]C([2H])(O/N=C(\C)c1ccc(C([2H])([2H])N2CCC2)c(CC)c1)c1ccc(C2C([2H])([2H])C([2H])([2H])C([2H])(C)C([2H])([2H])C2([2H])[2H])c(C(F)(F)F)c1. The summed E-state index contributed by atoms with van der Waals surface area (Å²) in [6.45, 7) is 0.486. The van der Waals surface area contributed by atoms with Crippen molar-refractivity contribution >= 4 is 5.71 Å². The van der Waals surface area contributed by atoms with Gasteiger partial charge >= 0.3 is 6.18 Å². The fourth-order valence-electron chi connectivity index (χ4n) is 3.72. The van der Waals surface area contributed by atoms with E-state index >= 15 is 0 Å². The van der Waals surface area contributed by atoms with Gasteiger partial charge in [0.15, 0.2) is 0 Å². The van der Waals surface area contributed by atoms with Gasteiger partial charge in [0.1, 0.15) is 6.56 Å². The molecular formula is C29H37F3N2O. The van der Waals surface area contributed by atoms with Crippen LogP contribution in [0.1, 0.15) is 110 Å². The molecule has 0 aromatic heterocycles. The van der Waals surface area contributed by atoms with E-state index in [4.69, 9.17) is 22.7 Å². The first kappa shape index (κ1) is 13.8. The normalized spacial score (nSPS) is 35.8. The van der Waals surface area contributed by atoms with Gasteiger partial charge in [-0.3, -0.25) is 4.90 Å². The standard InChI is InChI=1S/C29H37F3N2O/c1-4-23-17-25(11-12-26(23)18-34-14-5-15-34)21(3)33-35-19-22-8-13-27(28(16-22)29(30,31)32)24-9-6-20(2)7-10-24/h8,11-13,16-17,20,24H,4-7,9-10,14-15,18-19H2,1-3H3/b33-21+/i6D2,7D2,9D2,10D2,18D2,19D2,20D. The Kier molecular flexibility index (Phi) is 4.41. The number of likely N-dealkylation sites (tertiary alicyclic amines) is 1. The second kappa shape index (κ2) is 11.2. The van der Waals surface area contributed by atoms with Crippen LogP contribution in [0.2, 0.25) is 0 Å². The minimum absolute atomic E-state index is 0.129. The van der Waals surface area contributed by atoms with Gasteiger partial charge in [-0.15, -0.1) is 0 Å². The molecule has 6 heteroatoms. The monoisotopic (exact) mass is 499 g/mol. The molecule has 2 fully saturated rings. The Hall–Kier alpha value is -2.34. The molecule has 3 nitrogen and oxygen atoms in total. The Bertz CT molecular complexity index is 1560. The molecule has 0 amide bonds. The summed E-state index contributed by atoms with van der Waals surface area (Å²) in [6.07, 6.45) is -18.0. The molecule has 35 heavy (non-hydrogen) atoms. The molecule has 4 rings (SSSR count). The van der Waals surface area contributed by atoms with E-state index in [1.54, 1.807) is 23.1 Å². The maximum Gasteiger partial charge on any atom is 0.416 e. The van der Waals surface area contributed by atoms with Crippen molar-refractivity contribution in [2.24, 2.45) is 11.0 Å². The third kappa shape index (κ3) is 6.46. The van der Waals surface area contributed by atoms with E-state index in [1.165, 1.54) is 6.92 Å². The highest BCUT2D eigenvalue weighted by Gasteiger charge is 2.36.